The first kappa shape index (κ1) is 21.5. The van der Waals surface area contributed by atoms with Crippen molar-refractivity contribution in [3.8, 4) is 0 Å². The van der Waals surface area contributed by atoms with E-state index in [-0.39, 0.29) is 6.03 Å². The molecule has 2 aromatic rings. The van der Waals surface area contributed by atoms with Crippen LogP contribution in [0.1, 0.15) is 49.3 Å². The van der Waals surface area contributed by atoms with E-state index < -0.39 is 0 Å². The number of carbonyl (C=O) groups excluding carboxylic acids is 1. The standard InChI is InChI=1S/C26H37N5O/c1-18-9-16-31(26(32)28-18)23-6-4-5-22-24(19(2)29(3)25(22)23)21-10-14-30(15-11-21)17-20-7-12-27-13-8-20/h4-6,20-21,27H,1,7-17H2,2-3H3,(H,28,32). The first-order valence-corrected chi connectivity index (χ1v) is 12.3. The average molecular weight is 436 g/mol. The third kappa shape index (κ3) is 3.95. The zero-order valence-electron chi connectivity index (χ0n) is 19.6. The summed E-state index contributed by atoms with van der Waals surface area (Å²) < 4.78 is 2.30. The van der Waals surface area contributed by atoms with Gasteiger partial charge in [-0.1, -0.05) is 18.7 Å². The van der Waals surface area contributed by atoms with Crippen molar-refractivity contribution in [3.05, 3.63) is 41.7 Å². The Balaban J connectivity index is 1.38. The normalized spacial score (nSPS) is 22.0. The third-order valence-corrected chi connectivity index (χ3v) is 7.96. The van der Waals surface area contributed by atoms with Gasteiger partial charge in [-0.3, -0.25) is 4.90 Å². The first-order chi connectivity index (χ1) is 15.5. The van der Waals surface area contributed by atoms with Gasteiger partial charge in [-0.2, -0.15) is 0 Å². The van der Waals surface area contributed by atoms with E-state index in [0.717, 1.165) is 23.7 Å². The maximum absolute atomic E-state index is 12.7. The number of carbonyl (C=O) groups is 1. The first-order valence-electron chi connectivity index (χ1n) is 12.3. The number of piperidine rings is 2. The van der Waals surface area contributed by atoms with Gasteiger partial charge in [0.2, 0.25) is 0 Å². The fourth-order valence-electron chi connectivity index (χ4n) is 6.07. The molecular formula is C26H37N5O. The number of nitrogens with one attached hydrogen (secondary N) is 2. The number of nitrogens with zero attached hydrogens (tertiary/aromatic N) is 3. The lowest BCUT2D eigenvalue weighted by Gasteiger charge is -2.35. The second-order valence-electron chi connectivity index (χ2n) is 9.94. The lowest BCUT2D eigenvalue weighted by molar-refractivity contribution is 0.167. The van der Waals surface area contributed by atoms with Crippen LogP contribution in [0.5, 0.6) is 0 Å². The molecule has 0 spiro atoms. The number of amides is 2. The minimum atomic E-state index is -0.0691. The van der Waals surface area contributed by atoms with Gasteiger partial charge in [-0.15, -0.1) is 0 Å². The topological polar surface area (TPSA) is 52.5 Å². The van der Waals surface area contributed by atoms with Gasteiger partial charge in [-0.05, 0) is 82.3 Å². The molecule has 3 fully saturated rings. The molecule has 0 bridgehead atoms. The number of rotatable bonds is 4. The Morgan fingerprint density at radius 2 is 1.84 bits per heavy atom. The highest BCUT2D eigenvalue weighted by Gasteiger charge is 2.30. The lowest BCUT2D eigenvalue weighted by atomic mass is 9.86. The fourth-order valence-corrected chi connectivity index (χ4v) is 6.07. The Morgan fingerprint density at radius 1 is 1.09 bits per heavy atom. The van der Waals surface area contributed by atoms with E-state index in [1.807, 2.05) is 4.90 Å². The van der Waals surface area contributed by atoms with Gasteiger partial charge in [0, 0.05) is 43.3 Å². The van der Waals surface area contributed by atoms with E-state index in [1.165, 1.54) is 80.6 Å². The van der Waals surface area contributed by atoms with Crippen LogP contribution < -0.4 is 15.5 Å². The summed E-state index contributed by atoms with van der Waals surface area (Å²) in [6.07, 6.45) is 5.87. The van der Waals surface area contributed by atoms with E-state index in [1.54, 1.807) is 0 Å². The fraction of sp³-hybridized carbons (Fsp3) is 0.577. The molecule has 172 valence electrons. The number of hydrogen-bond acceptors (Lipinski definition) is 3. The van der Waals surface area contributed by atoms with E-state index in [9.17, 15) is 4.79 Å². The molecule has 4 heterocycles. The molecule has 3 aliphatic rings. The van der Waals surface area contributed by atoms with Crippen LogP contribution in [0.3, 0.4) is 0 Å². The van der Waals surface area contributed by atoms with E-state index in [2.05, 4.69) is 58.9 Å². The van der Waals surface area contributed by atoms with Crippen LogP contribution in [-0.2, 0) is 7.05 Å². The largest absolute Gasteiger partial charge is 0.346 e. The Morgan fingerprint density at radius 3 is 2.56 bits per heavy atom. The highest BCUT2D eigenvalue weighted by atomic mass is 16.2. The van der Waals surface area contributed by atoms with E-state index in [0.29, 0.717) is 12.5 Å². The molecule has 3 aliphatic heterocycles. The summed E-state index contributed by atoms with van der Waals surface area (Å²) in [7, 11) is 2.15. The van der Waals surface area contributed by atoms with Gasteiger partial charge in [0.1, 0.15) is 0 Å². The van der Waals surface area contributed by atoms with Gasteiger partial charge in [0.05, 0.1) is 11.2 Å². The highest BCUT2D eigenvalue weighted by molar-refractivity contribution is 6.04. The van der Waals surface area contributed by atoms with Crippen molar-refractivity contribution in [2.45, 2.75) is 44.9 Å². The molecule has 3 saturated heterocycles. The highest BCUT2D eigenvalue weighted by Crippen LogP contribution is 2.40. The SMILES string of the molecule is C=C1CCN(c2cccc3c(C4CCN(CC5CCNCC5)CC4)c(C)n(C)c23)C(=O)N1. The van der Waals surface area contributed by atoms with Gasteiger partial charge < -0.3 is 20.1 Å². The molecule has 1 aromatic carbocycles. The number of fused-ring (bicyclic) bond motifs is 1. The van der Waals surface area contributed by atoms with Crippen molar-refractivity contribution in [1.29, 1.82) is 0 Å². The second kappa shape index (κ2) is 8.91. The molecule has 0 unspecified atom stereocenters. The quantitative estimate of drug-likeness (QED) is 0.760. The molecule has 2 amide bonds. The van der Waals surface area contributed by atoms with E-state index >= 15 is 0 Å². The molecule has 32 heavy (non-hydrogen) atoms. The number of urea groups is 1. The number of benzene rings is 1. The van der Waals surface area contributed by atoms with Gasteiger partial charge >= 0.3 is 6.03 Å². The predicted octanol–water partition coefficient (Wildman–Crippen LogP) is 4.10. The Hall–Kier alpha value is -2.31. The molecule has 6 heteroatoms. The molecule has 1 aromatic heterocycles. The summed E-state index contributed by atoms with van der Waals surface area (Å²) >= 11 is 0. The average Bonchev–Trinajstić information content (AvgIpc) is 3.06. The summed E-state index contributed by atoms with van der Waals surface area (Å²) in [6.45, 7) is 12.9. The summed E-state index contributed by atoms with van der Waals surface area (Å²) in [4.78, 5) is 17.3. The number of para-hydroxylation sites is 1. The van der Waals surface area contributed by atoms with Crippen LogP contribution in [0.2, 0.25) is 0 Å². The zero-order chi connectivity index (χ0) is 22.2. The van der Waals surface area contributed by atoms with Crippen molar-refractivity contribution in [3.63, 3.8) is 0 Å². The number of aromatic nitrogens is 1. The minimum absolute atomic E-state index is 0.0691. The van der Waals surface area contributed by atoms with Crippen LogP contribution in [0.25, 0.3) is 10.9 Å². The maximum Gasteiger partial charge on any atom is 0.326 e. The van der Waals surface area contributed by atoms with Crippen molar-refractivity contribution >= 4 is 22.6 Å². The molecule has 0 saturated carbocycles. The predicted molar refractivity (Wildman–Crippen MR) is 131 cm³/mol. The van der Waals surface area contributed by atoms with Crippen LogP contribution >= 0.6 is 0 Å². The molecule has 5 rings (SSSR count). The van der Waals surface area contributed by atoms with Crippen molar-refractivity contribution in [2.24, 2.45) is 13.0 Å². The second-order valence-corrected chi connectivity index (χ2v) is 9.94. The minimum Gasteiger partial charge on any atom is -0.346 e. The Kier molecular flexibility index (Phi) is 5.99. The Bertz CT molecular complexity index is 1010. The van der Waals surface area contributed by atoms with Crippen LogP contribution in [0, 0.1) is 12.8 Å². The van der Waals surface area contributed by atoms with Gasteiger partial charge in [0.15, 0.2) is 0 Å². The summed E-state index contributed by atoms with van der Waals surface area (Å²) in [5, 5.41) is 7.71. The molecular weight excluding hydrogens is 398 g/mol. The van der Waals surface area contributed by atoms with Crippen LogP contribution in [-0.4, -0.2) is 54.8 Å². The van der Waals surface area contributed by atoms with Gasteiger partial charge in [-0.25, -0.2) is 4.79 Å². The smallest absolute Gasteiger partial charge is 0.326 e. The van der Waals surface area contributed by atoms with Crippen molar-refractivity contribution < 1.29 is 4.79 Å². The molecule has 2 N–H and O–H groups in total. The molecule has 0 radical (unpaired) electrons. The van der Waals surface area contributed by atoms with Crippen molar-refractivity contribution in [2.75, 3.05) is 44.2 Å². The molecule has 0 aliphatic carbocycles. The number of likely N-dealkylation sites (tertiary alicyclic amines) is 1. The Labute approximate surface area is 191 Å². The lowest BCUT2D eigenvalue weighted by Crippen LogP contribution is -2.45. The van der Waals surface area contributed by atoms with Gasteiger partial charge in [0.25, 0.3) is 0 Å². The van der Waals surface area contributed by atoms with Crippen LogP contribution in [0.4, 0.5) is 10.5 Å². The zero-order valence-corrected chi connectivity index (χ0v) is 19.6. The maximum atomic E-state index is 12.7. The molecule has 0 atom stereocenters. The summed E-state index contributed by atoms with van der Waals surface area (Å²) in [6, 6.07) is 6.38. The monoisotopic (exact) mass is 435 g/mol. The summed E-state index contributed by atoms with van der Waals surface area (Å²) in [5.74, 6) is 1.45. The van der Waals surface area contributed by atoms with Crippen LogP contribution in [0.15, 0.2) is 30.5 Å². The number of aryl methyl sites for hydroxylation is 1. The van der Waals surface area contributed by atoms with Crippen molar-refractivity contribution in [1.82, 2.24) is 20.1 Å². The van der Waals surface area contributed by atoms with E-state index in [4.69, 9.17) is 0 Å². The molecule has 6 nitrogen and oxygen atoms in total. The number of hydrogen-bond donors (Lipinski definition) is 2. The third-order valence-electron chi connectivity index (χ3n) is 7.96. The summed E-state index contributed by atoms with van der Waals surface area (Å²) in [5.41, 5.74) is 5.82. The number of anilines is 1.